The fourth-order valence-electron chi connectivity index (χ4n) is 2.54. The third kappa shape index (κ3) is 6.49. The van der Waals surface area contributed by atoms with Gasteiger partial charge in [0.05, 0.1) is 18.0 Å². The van der Waals surface area contributed by atoms with Crippen molar-refractivity contribution in [3.05, 3.63) is 24.3 Å². The molecule has 2 amide bonds. The molecule has 156 valence electrons. The van der Waals surface area contributed by atoms with E-state index in [4.69, 9.17) is 0 Å². The molecule has 0 bridgehead atoms. The SMILES string of the molecule is CCCCN(C)S(=O)(=O)c1ccc(NCC(=O)N(C)CC(=O)NC2CC2)cc1. The third-order valence-corrected chi connectivity index (χ3v) is 6.45. The van der Waals surface area contributed by atoms with E-state index in [9.17, 15) is 18.0 Å². The minimum absolute atomic E-state index is 0.0235. The molecule has 0 aromatic heterocycles. The lowest BCUT2D eigenvalue weighted by Gasteiger charge is -2.18. The van der Waals surface area contributed by atoms with Gasteiger partial charge in [0, 0.05) is 32.4 Å². The van der Waals surface area contributed by atoms with Crippen molar-refractivity contribution in [1.82, 2.24) is 14.5 Å². The summed E-state index contributed by atoms with van der Waals surface area (Å²) in [7, 11) is -0.349. The van der Waals surface area contributed by atoms with Crippen LogP contribution in [0.25, 0.3) is 0 Å². The highest BCUT2D eigenvalue weighted by molar-refractivity contribution is 7.89. The minimum atomic E-state index is -3.51. The largest absolute Gasteiger partial charge is 0.376 e. The van der Waals surface area contributed by atoms with E-state index in [0.717, 1.165) is 25.7 Å². The van der Waals surface area contributed by atoms with E-state index in [-0.39, 0.29) is 35.8 Å². The average Bonchev–Trinajstić information content (AvgIpc) is 3.47. The number of likely N-dealkylation sites (N-methyl/N-ethyl adjacent to an activating group) is 1. The molecule has 0 radical (unpaired) electrons. The molecule has 0 heterocycles. The van der Waals surface area contributed by atoms with Crippen molar-refractivity contribution in [1.29, 1.82) is 0 Å². The van der Waals surface area contributed by atoms with Crippen LogP contribution in [0.3, 0.4) is 0 Å². The Labute approximate surface area is 167 Å². The van der Waals surface area contributed by atoms with Gasteiger partial charge in [-0.05, 0) is 43.5 Å². The maximum absolute atomic E-state index is 12.5. The van der Waals surface area contributed by atoms with Crippen molar-refractivity contribution in [2.24, 2.45) is 0 Å². The van der Waals surface area contributed by atoms with E-state index >= 15 is 0 Å². The van der Waals surface area contributed by atoms with Gasteiger partial charge in [-0.15, -0.1) is 0 Å². The number of carbonyl (C=O) groups is 2. The zero-order valence-corrected chi connectivity index (χ0v) is 17.6. The van der Waals surface area contributed by atoms with Gasteiger partial charge in [0.2, 0.25) is 21.8 Å². The molecular weight excluding hydrogens is 380 g/mol. The van der Waals surface area contributed by atoms with Crippen LogP contribution in [0.2, 0.25) is 0 Å². The van der Waals surface area contributed by atoms with E-state index < -0.39 is 10.0 Å². The molecule has 9 heteroatoms. The topological polar surface area (TPSA) is 98.8 Å². The van der Waals surface area contributed by atoms with Crippen LogP contribution in [0.5, 0.6) is 0 Å². The lowest BCUT2D eigenvalue weighted by Crippen LogP contribution is -2.41. The first kappa shape index (κ1) is 22.2. The number of anilines is 1. The quantitative estimate of drug-likeness (QED) is 0.572. The molecule has 2 rings (SSSR count). The molecule has 8 nitrogen and oxygen atoms in total. The highest BCUT2D eigenvalue weighted by Crippen LogP contribution is 2.19. The summed E-state index contributed by atoms with van der Waals surface area (Å²) in [4.78, 5) is 25.5. The predicted molar refractivity (Wildman–Crippen MR) is 108 cm³/mol. The first-order valence-corrected chi connectivity index (χ1v) is 11.0. The molecule has 1 aliphatic rings. The molecule has 1 aromatic carbocycles. The molecular formula is C19H30N4O4S. The van der Waals surface area contributed by atoms with Crippen LogP contribution in [0, 0.1) is 0 Å². The van der Waals surface area contributed by atoms with Crippen molar-refractivity contribution >= 4 is 27.5 Å². The molecule has 1 fully saturated rings. The Kier molecular flexibility index (Phi) is 7.82. The molecule has 1 saturated carbocycles. The van der Waals surface area contributed by atoms with Crippen molar-refractivity contribution in [3.63, 3.8) is 0 Å². The Hall–Kier alpha value is -2.13. The van der Waals surface area contributed by atoms with Gasteiger partial charge in [-0.2, -0.15) is 0 Å². The molecule has 0 spiro atoms. The Morgan fingerprint density at radius 1 is 1.14 bits per heavy atom. The number of amides is 2. The third-order valence-electron chi connectivity index (χ3n) is 4.58. The number of rotatable bonds is 11. The molecule has 0 saturated heterocycles. The summed E-state index contributed by atoms with van der Waals surface area (Å²) >= 11 is 0. The molecule has 0 unspecified atom stereocenters. The molecule has 1 aromatic rings. The first-order valence-electron chi connectivity index (χ1n) is 9.57. The number of hydrogen-bond acceptors (Lipinski definition) is 5. The van der Waals surface area contributed by atoms with E-state index in [1.54, 1.807) is 26.2 Å². The maximum atomic E-state index is 12.5. The van der Waals surface area contributed by atoms with Gasteiger partial charge in [0.15, 0.2) is 0 Å². The molecule has 2 N–H and O–H groups in total. The van der Waals surface area contributed by atoms with Gasteiger partial charge in [-0.1, -0.05) is 13.3 Å². The van der Waals surface area contributed by atoms with Crippen molar-refractivity contribution in [2.75, 3.05) is 39.0 Å². The second-order valence-corrected chi connectivity index (χ2v) is 9.19. The number of nitrogens with zero attached hydrogens (tertiary/aromatic N) is 2. The summed E-state index contributed by atoms with van der Waals surface area (Å²) in [5.74, 6) is -0.373. The average molecular weight is 411 g/mol. The maximum Gasteiger partial charge on any atom is 0.242 e. The standard InChI is InChI=1S/C19H30N4O4S/c1-4-5-12-23(3)28(26,27)17-10-8-15(9-11-17)20-13-19(25)22(2)14-18(24)21-16-6-7-16/h8-11,16,20H,4-7,12-14H2,1-3H3,(H,21,24). The lowest BCUT2D eigenvalue weighted by molar-refractivity contribution is -0.133. The molecule has 0 atom stereocenters. The number of unbranched alkanes of at least 4 members (excludes halogenated alkanes) is 1. The van der Waals surface area contributed by atoms with Gasteiger partial charge in [0.1, 0.15) is 0 Å². The summed E-state index contributed by atoms with van der Waals surface area (Å²) < 4.78 is 26.3. The van der Waals surface area contributed by atoms with E-state index in [0.29, 0.717) is 12.2 Å². The summed E-state index contributed by atoms with van der Waals surface area (Å²) in [6.07, 6.45) is 3.74. The Morgan fingerprint density at radius 2 is 1.79 bits per heavy atom. The number of hydrogen-bond donors (Lipinski definition) is 2. The van der Waals surface area contributed by atoms with Gasteiger partial charge < -0.3 is 15.5 Å². The van der Waals surface area contributed by atoms with Gasteiger partial charge in [-0.25, -0.2) is 12.7 Å². The van der Waals surface area contributed by atoms with Crippen molar-refractivity contribution in [2.45, 2.75) is 43.5 Å². The number of benzene rings is 1. The fraction of sp³-hybridized carbons (Fsp3) is 0.579. The normalized spacial score (nSPS) is 14.0. The zero-order valence-electron chi connectivity index (χ0n) is 16.8. The number of carbonyl (C=O) groups excluding carboxylic acids is 2. The highest BCUT2D eigenvalue weighted by Gasteiger charge is 2.24. The molecule has 28 heavy (non-hydrogen) atoms. The van der Waals surface area contributed by atoms with Crippen LogP contribution in [-0.2, 0) is 19.6 Å². The van der Waals surface area contributed by atoms with Crippen molar-refractivity contribution in [3.8, 4) is 0 Å². The summed E-state index contributed by atoms with van der Waals surface area (Å²) in [6, 6.07) is 6.58. The fourth-order valence-corrected chi connectivity index (χ4v) is 3.75. The van der Waals surface area contributed by atoms with Crippen LogP contribution in [-0.4, -0.2) is 69.2 Å². The highest BCUT2D eigenvalue weighted by atomic mass is 32.2. The van der Waals surface area contributed by atoms with Gasteiger partial charge in [-0.3, -0.25) is 9.59 Å². The van der Waals surface area contributed by atoms with Crippen LogP contribution < -0.4 is 10.6 Å². The van der Waals surface area contributed by atoms with Crippen molar-refractivity contribution < 1.29 is 18.0 Å². The Balaban J connectivity index is 1.84. The van der Waals surface area contributed by atoms with Gasteiger partial charge >= 0.3 is 0 Å². The lowest BCUT2D eigenvalue weighted by atomic mass is 10.3. The molecule has 1 aliphatic carbocycles. The smallest absolute Gasteiger partial charge is 0.242 e. The van der Waals surface area contributed by atoms with E-state index in [1.807, 2.05) is 6.92 Å². The Morgan fingerprint density at radius 3 is 2.36 bits per heavy atom. The summed E-state index contributed by atoms with van der Waals surface area (Å²) in [5.41, 5.74) is 0.638. The monoisotopic (exact) mass is 410 g/mol. The summed E-state index contributed by atoms with van der Waals surface area (Å²) in [5, 5.41) is 5.80. The van der Waals surface area contributed by atoms with Crippen LogP contribution >= 0.6 is 0 Å². The zero-order chi connectivity index (χ0) is 20.7. The van der Waals surface area contributed by atoms with Crippen LogP contribution in [0.1, 0.15) is 32.6 Å². The second-order valence-electron chi connectivity index (χ2n) is 7.15. The van der Waals surface area contributed by atoms with Gasteiger partial charge in [0.25, 0.3) is 0 Å². The number of nitrogens with one attached hydrogen (secondary N) is 2. The van der Waals surface area contributed by atoms with Crippen LogP contribution in [0.4, 0.5) is 5.69 Å². The predicted octanol–water partition coefficient (Wildman–Crippen LogP) is 1.26. The molecule has 0 aliphatic heterocycles. The Bertz CT molecular complexity index is 776. The second kappa shape index (κ2) is 9.88. The van der Waals surface area contributed by atoms with E-state index in [1.165, 1.54) is 21.3 Å². The number of sulfonamides is 1. The first-order chi connectivity index (χ1) is 13.2. The van der Waals surface area contributed by atoms with Crippen LogP contribution in [0.15, 0.2) is 29.2 Å². The minimum Gasteiger partial charge on any atom is -0.376 e. The summed E-state index contributed by atoms with van der Waals surface area (Å²) in [6.45, 7) is 2.54. The van der Waals surface area contributed by atoms with E-state index in [2.05, 4.69) is 10.6 Å².